The zero-order valence-corrected chi connectivity index (χ0v) is 19.0. The highest BCUT2D eigenvalue weighted by Crippen LogP contribution is 2.30. The topological polar surface area (TPSA) is 154 Å². The Morgan fingerprint density at radius 2 is 1.90 bits per heavy atom. The first kappa shape index (κ1) is 28.8. The third-order valence-electron chi connectivity index (χ3n) is 5.66. The number of aliphatic hydroxyl groups is 4. The number of likely N-dealkylation sites (N-methyl/N-ethyl adjacent to an activating group) is 1. The maximum Gasteiger partial charge on any atom is 0.237 e. The summed E-state index contributed by atoms with van der Waals surface area (Å²) in [6, 6.07) is -1.20. The first-order valence-electron chi connectivity index (χ1n) is 9.62. The van der Waals surface area contributed by atoms with Gasteiger partial charge in [-0.15, -0.1) is 24.2 Å². The molecule has 9 atom stereocenters. The lowest BCUT2D eigenvalue weighted by atomic mass is 9.92. The van der Waals surface area contributed by atoms with E-state index in [2.05, 4.69) is 12.2 Å². The number of nitrogens with zero attached hydrogens (tertiary/aromatic N) is 1. The normalized spacial score (nSPS) is 37.2. The van der Waals surface area contributed by atoms with Crippen molar-refractivity contribution in [3.63, 3.8) is 0 Å². The van der Waals surface area contributed by atoms with Crippen LogP contribution in [-0.4, -0.2) is 105 Å². The quantitative estimate of drug-likeness (QED) is 0.315. The lowest BCUT2D eigenvalue weighted by molar-refractivity contribution is -0.211. The lowest BCUT2D eigenvalue weighted by Gasteiger charge is -2.44. The molecule has 0 aromatic heterocycles. The summed E-state index contributed by atoms with van der Waals surface area (Å²) >= 11 is 1.20. The van der Waals surface area contributed by atoms with Crippen molar-refractivity contribution in [3.05, 3.63) is 0 Å². The molecule has 0 aromatic carbocycles. The van der Waals surface area contributed by atoms with Crippen LogP contribution in [0.5, 0.6) is 0 Å². The van der Waals surface area contributed by atoms with E-state index in [0.717, 1.165) is 25.8 Å². The third-order valence-corrected chi connectivity index (χ3v) is 6.51. The second-order valence-electron chi connectivity index (χ2n) is 7.80. The highest BCUT2D eigenvalue weighted by Gasteiger charge is 2.48. The number of thioether (sulfide) groups is 1. The number of hydrogen-bond donors (Lipinski definition) is 5. The Labute approximate surface area is 182 Å². The highest BCUT2D eigenvalue weighted by molar-refractivity contribution is 7.99. The van der Waals surface area contributed by atoms with Gasteiger partial charge in [-0.25, -0.2) is 0 Å². The van der Waals surface area contributed by atoms with E-state index < -0.39 is 42.0 Å². The fraction of sp³-hybridized carbons (Fsp3) is 0.944. The molecular formula is C18H37ClN2O7S. The summed E-state index contributed by atoms with van der Waals surface area (Å²) < 4.78 is 5.72. The van der Waals surface area contributed by atoms with Gasteiger partial charge in [-0.3, -0.25) is 9.69 Å². The van der Waals surface area contributed by atoms with Crippen LogP contribution in [-0.2, 0) is 9.53 Å². The Morgan fingerprint density at radius 1 is 1.28 bits per heavy atom. The number of ether oxygens (including phenoxy) is 1. The van der Waals surface area contributed by atoms with Gasteiger partial charge in [0.25, 0.3) is 0 Å². The summed E-state index contributed by atoms with van der Waals surface area (Å²) in [5, 5.41) is 43.5. The molecular weight excluding hydrogens is 424 g/mol. The molecule has 0 radical (unpaired) electrons. The van der Waals surface area contributed by atoms with Gasteiger partial charge in [0, 0.05) is 6.54 Å². The number of aliphatic hydroxyl groups excluding tert-OH is 4. The van der Waals surface area contributed by atoms with Crippen molar-refractivity contribution in [1.82, 2.24) is 10.2 Å². The van der Waals surface area contributed by atoms with E-state index in [1.807, 2.05) is 11.9 Å². The van der Waals surface area contributed by atoms with Crippen LogP contribution >= 0.6 is 24.2 Å². The summed E-state index contributed by atoms with van der Waals surface area (Å²) in [5.41, 5.74) is -0.755. The first-order valence-corrected chi connectivity index (χ1v) is 10.9. The molecule has 2 aliphatic heterocycles. The van der Waals surface area contributed by atoms with Crippen LogP contribution in [0.15, 0.2) is 0 Å². The van der Waals surface area contributed by atoms with Crippen molar-refractivity contribution < 1.29 is 35.4 Å². The smallest absolute Gasteiger partial charge is 0.237 e. The SMILES string of the molecule is CCC[C@@H]1C[C@@H](C(=O)NC([C@H]2O[C@H](SC)[C@H](O)[C@@H](O)[C@H]2O)[C@@H](C)O)N(C)C1.Cl.O. The van der Waals surface area contributed by atoms with Crippen molar-refractivity contribution in [2.24, 2.45) is 5.92 Å². The zero-order chi connectivity index (χ0) is 20.3. The van der Waals surface area contributed by atoms with Crippen LogP contribution < -0.4 is 5.32 Å². The van der Waals surface area contributed by atoms with Gasteiger partial charge in [-0.05, 0) is 39.0 Å². The van der Waals surface area contributed by atoms with Crippen LogP contribution in [0.25, 0.3) is 0 Å². The number of halogens is 1. The molecule has 2 saturated heterocycles. The van der Waals surface area contributed by atoms with E-state index in [0.29, 0.717) is 5.92 Å². The lowest BCUT2D eigenvalue weighted by Crippen LogP contribution is -2.65. The molecule has 0 aliphatic carbocycles. The van der Waals surface area contributed by atoms with E-state index in [9.17, 15) is 25.2 Å². The molecule has 0 spiro atoms. The number of likely N-dealkylation sites (tertiary alicyclic amines) is 1. The summed E-state index contributed by atoms with van der Waals surface area (Å²) in [4.78, 5) is 14.9. The predicted molar refractivity (Wildman–Crippen MR) is 114 cm³/mol. The van der Waals surface area contributed by atoms with Crippen LogP contribution in [0.3, 0.4) is 0 Å². The minimum absolute atomic E-state index is 0. The van der Waals surface area contributed by atoms with Gasteiger partial charge in [-0.2, -0.15) is 0 Å². The number of nitrogens with one attached hydrogen (secondary N) is 1. The Morgan fingerprint density at radius 3 is 2.41 bits per heavy atom. The largest absolute Gasteiger partial charge is 0.412 e. The summed E-state index contributed by atoms with van der Waals surface area (Å²) in [5.74, 6) is 0.245. The summed E-state index contributed by atoms with van der Waals surface area (Å²) in [6.07, 6.45) is -1.50. The second-order valence-corrected chi connectivity index (χ2v) is 8.73. The second kappa shape index (κ2) is 12.6. The average molecular weight is 461 g/mol. The maximum atomic E-state index is 12.8. The van der Waals surface area contributed by atoms with E-state index in [1.54, 1.807) is 6.26 Å². The molecule has 174 valence electrons. The summed E-state index contributed by atoms with van der Waals surface area (Å²) in [6.45, 7) is 4.48. The average Bonchev–Trinajstić information content (AvgIpc) is 2.99. The van der Waals surface area contributed by atoms with Crippen LogP contribution in [0.1, 0.15) is 33.1 Å². The molecule has 0 bridgehead atoms. The minimum Gasteiger partial charge on any atom is -0.412 e. The molecule has 7 N–H and O–H groups in total. The molecule has 2 heterocycles. The number of rotatable bonds is 7. The number of carbonyl (C=O) groups is 1. The molecule has 29 heavy (non-hydrogen) atoms. The van der Waals surface area contributed by atoms with Crippen LogP contribution in [0, 0.1) is 5.92 Å². The first-order chi connectivity index (χ1) is 12.7. The van der Waals surface area contributed by atoms with Gasteiger partial charge >= 0.3 is 0 Å². The molecule has 1 unspecified atom stereocenters. The molecule has 1 amide bonds. The van der Waals surface area contributed by atoms with E-state index in [1.165, 1.54) is 18.7 Å². The van der Waals surface area contributed by atoms with Gasteiger partial charge in [0.2, 0.25) is 5.91 Å². The van der Waals surface area contributed by atoms with E-state index in [4.69, 9.17) is 4.74 Å². The Bertz CT molecular complexity index is 503. The molecule has 11 heteroatoms. The van der Waals surface area contributed by atoms with Gasteiger partial charge in [0.15, 0.2) is 0 Å². The summed E-state index contributed by atoms with van der Waals surface area (Å²) in [7, 11) is 1.91. The third kappa shape index (κ3) is 6.65. The van der Waals surface area contributed by atoms with Crippen molar-refractivity contribution >= 4 is 30.1 Å². The molecule has 2 aliphatic rings. The van der Waals surface area contributed by atoms with E-state index >= 15 is 0 Å². The fourth-order valence-electron chi connectivity index (χ4n) is 4.13. The minimum atomic E-state index is -1.42. The fourth-order valence-corrected chi connectivity index (χ4v) is 4.81. The van der Waals surface area contributed by atoms with Crippen molar-refractivity contribution in [2.75, 3.05) is 19.8 Å². The van der Waals surface area contributed by atoms with Gasteiger partial charge in [0.1, 0.15) is 29.9 Å². The Balaban J connectivity index is 0.00000392. The van der Waals surface area contributed by atoms with Gasteiger partial charge in [-0.1, -0.05) is 13.3 Å². The van der Waals surface area contributed by atoms with Gasteiger partial charge in [0.05, 0.1) is 18.2 Å². The number of carbonyl (C=O) groups excluding carboxylic acids is 1. The van der Waals surface area contributed by atoms with Crippen LogP contribution in [0.2, 0.25) is 0 Å². The molecule has 2 fully saturated rings. The Kier molecular flexibility index (Phi) is 12.6. The van der Waals surface area contributed by atoms with Crippen molar-refractivity contribution in [1.29, 1.82) is 0 Å². The predicted octanol–water partition coefficient (Wildman–Crippen LogP) is -1.26. The standard InChI is InChI=1S/C18H34N2O6S.ClH.H2O/c1-5-6-10-7-11(20(3)8-10)17(25)19-12(9(2)21)16-14(23)13(22)15(24)18(26-16)27-4;;/h9-16,18,21-24H,5-8H2,1-4H3,(H,19,25);1H;1H2/t9-,10-,11+,12?,13+,14-,15-,16-,18-;;/m1../s1. The highest BCUT2D eigenvalue weighted by atomic mass is 35.5. The number of amides is 1. The van der Waals surface area contributed by atoms with Crippen LogP contribution in [0.4, 0.5) is 0 Å². The van der Waals surface area contributed by atoms with Crippen molar-refractivity contribution in [2.45, 2.75) is 81.1 Å². The Hall–Kier alpha value is -0.170. The van der Waals surface area contributed by atoms with E-state index in [-0.39, 0.29) is 29.8 Å². The van der Waals surface area contributed by atoms with Crippen molar-refractivity contribution in [3.8, 4) is 0 Å². The molecule has 0 aromatic rings. The molecule has 0 saturated carbocycles. The molecule has 9 nitrogen and oxygen atoms in total. The monoisotopic (exact) mass is 460 g/mol. The van der Waals surface area contributed by atoms with Gasteiger partial charge < -0.3 is 36.0 Å². The number of hydrogen-bond acceptors (Lipinski definition) is 8. The molecule has 2 rings (SSSR count). The zero-order valence-electron chi connectivity index (χ0n) is 17.4. The maximum absolute atomic E-state index is 12.8.